The first-order valence-electron chi connectivity index (χ1n) is 9.45. The highest BCUT2D eigenvalue weighted by Crippen LogP contribution is 2.44. The number of ether oxygens (including phenoxy) is 1. The Morgan fingerprint density at radius 1 is 1.03 bits per heavy atom. The van der Waals surface area contributed by atoms with Crippen LogP contribution in [0.15, 0.2) is 66.0 Å². The minimum atomic E-state index is -0.953. The summed E-state index contributed by atoms with van der Waals surface area (Å²) in [6.45, 7) is 1.92. The van der Waals surface area contributed by atoms with Gasteiger partial charge in [-0.3, -0.25) is 9.69 Å². The van der Waals surface area contributed by atoms with Crippen molar-refractivity contribution in [1.82, 2.24) is 0 Å². The van der Waals surface area contributed by atoms with E-state index in [4.69, 9.17) is 9.84 Å². The number of fused-ring (bicyclic) bond motifs is 3. The highest BCUT2D eigenvalue weighted by atomic mass is 32.1. The summed E-state index contributed by atoms with van der Waals surface area (Å²) in [6.07, 6.45) is -0.676. The largest absolute Gasteiger partial charge is 0.481 e. The molecule has 4 rings (SSSR count). The number of carboxylic acids is 1. The van der Waals surface area contributed by atoms with Gasteiger partial charge in [0.2, 0.25) is 0 Å². The Bertz CT molecular complexity index is 985. The quantitative estimate of drug-likeness (QED) is 0.597. The number of carbonyl (C=O) groups is 2. The number of benzene rings is 2. The van der Waals surface area contributed by atoms with Gasteiger partial charge in [0.15, 0.2) is 0 Å². The zero-order chi connectivity index (χ0) is 20.4. The first-order chi connectivity index (χ1) is 14.1. The SMILES string of the molecule is C[C@@H](CC(=O)O)N(C(=O)OCC1c2ccccc2-c2ccccc21)c1cccs1. The molecular weight excluding hydrogens is 386 g/mol. The molecule has 1 heterocycles. The Morgan fingerprint density at radius 3 is 2.21 bits per heavy atom. The molecule has 6 heteroatoms. The van der Waals surface area contributed by atoms with Gasteiger partial charge in [-0.1, -0.05) is 48.5 Å². The van der Waals surface area contributed by atoms with E-state index in [1.165, 1.54) is 27.4 Å². The van der Waals surface area contributed by atoms with Gasteiger partial charge >= 0.3 is 12.1 Å². The van der Waals surface area contributed by atoms with E-state index in [1.807, 2.05) is 35.7 Å². The van der Waals surface area contributed by atoms with Gasteiger partial charge in [0.25, 0.3) is 0 Å². The van der Waals surface area contributed by atoms with Crippen LogP contribution >= 0.6 is 11.3 Å². The molecule has 0 saturated heterocycles. The van der Waals surface area contributed by atoms with Crippen LogP contribution in [0.5, 0.6) is 0 Å². The molecule has 0 saturated carbocycles. The zero-order valence-corrected chi connectivity index (χ0v) is 16.8. The van der Waals surface area contributed by atoms with E-state index >= 15 is 0 Å². The van der Waals surface area contributed by atoms with E-state index in [1.54, 1.807) is 13.0 Å². The summed E-state index contributed by atoms with van der Waals surface area (Å²) in [4.78, 5) is 25.6. The van der Waals surface area contributed by atoms with Crippen LogP contribution in [0, 0.1) is 0 Å². The second-order valence-electron chi connectivity index (χ2n) is 7.07. The van der Waals surface area contributed by atoms with Crippen molar-refractivity contribution in [2.45, 2.75) is 25.3 Å². The van der Waals surface area contributed by atoms with E-state index in [-0.39, 0.29) is 18.9 Å². The first-order valence-corrected chi connectivity index (χ1v) is 10.3. The van der Waals surface area contributed by atoms with Crippen LogP contribution in [0.2, 0.25) is 0 Å². The van der Waals surface area contributed by atoms with Crippen LogP contribution in [0.4, 0.5) is 9.80 Å². The highest BCUT2D eigenvalue weighted by molar-refractivity contribution is 7.14. The molecule has 1 amide bonds. The number of carbonyl (C=O) groups excluding carboxylic acids is 1. The monoisotopic (exact) mass is 407 g/mol. The number of hydrogen-bond acceptors (Lipinski definition) is 4. The molecule has 0 radical (unpaired) electrons. The van der Waals surface area contributed by atoms with Gasteiger partial charge in [0.05, 0.1) is 6.42 Å². The molecule has 0 spiro atoms. The molecule has 0 fully saturated rings. The Kier molecular flexibility index (Phi) is 5.36. The van der Waals surface area contributed by atoms with Gasteiger partial charge in [-0.2, -0.15) is 0 Å². The lowest BCUT2D eigenvalue weighted by molar-refractivity contribution is -0.137. The van der Waals surface area contributed by atoms with Crippen LogP contribution in [-0.2, 0) is 9.53 Å². The Morgan fingerprint density at radius 2 is 1.66 bits per heavy atom. The molecule has 0 aliphatic heterocycles. The summed E-state index contributed by atoms with van der Waals surface area (Å²) >= 11 is 1.38. The topological polar surface area (TPSA) is 66.8 Å². The van der Waals surface area contributed by atoms with Gasteiger partial charge in [-0.25, -0.2) is 4.79 Å². The summed E-state index contributed by atoms with van der Waals surface area (Å²) in [5.74, 6) is -0.989. The fourth-order valence-electron chi connectivity index (χ4n) is 3.90. The summed E-state index contributed by atoms with van der Waals surface area (Å²) in [5, 5.41) is 11.7. The Labute approximate surface area is 173 Å². The maximum absolute atomic E-state index is 13.0. The van der Waals surface area contributed by atoms with Gasteiger partial charge in [-0.05, 0) is 46.7 Å². The molecule has 1 aliphatic rings. The smallest absolute Gasteiger partial charge is 0.415 e. The van der Waals surface area contributed by atoms with E-state index in [2.05, 4.69) is 24.3 Å². The van der Waals surface area contributed by atoms with Gasteiger partial charge < -0.3 is 9.84 Å². The molecule has 0 unspecified atom stereocenters. The lowest BCUT2D eigenvalue weighted by atomic mass is 9.98. The lowest BCUT2D eigenvalue weighted by Crippen LogP contribution is -2.40. The maximum Gasteiger partial charge on any atom is 0.415 e. The van der Waals surface area contributed by atoms with Crippen molar-refractivity contribution < 1.29 is 19.4 Å². The van der Waals surface area contributed by atoms with Crippen molar-refractivity contribution in [2.75, 3.05) is 11.5 Å². The summed E-state index contributed by atoms with van der Waals surface area (Å²) in [6, 6.07) is 19.4. The average Bonchev–Trinajstić information content (AvgIpc) is 3.33. The number of nitrogens with zero attached hydrogens (tertiary/aromatic N) is 1. The second-order valence-corrected chi connectivity index (χ2v) is 8.00. The number of amides is 1. The minimum Gasteiger partial charge on any atom is -0.481 e. The predicted octanol–water partition coefficient (Wildman–Crippen LogP) is 5.37. The van der Waals surface area contributed by atoms with Crippen LogP contribution in [0.1, 0.15) is 30.4 Å². The molecule has 0 bridgehead atoms. The standard InChI is InChI=1S/C23H21NO4S/c1-15(13-22(25)26)24(21-11-6-12-29-21)23(27)28-14-20-18-9-4-2-7-16(18)17-8-3-5-10-19(17)20/h2-12,15,20H,13-14H2,1H3,(H,25,26)/t15-/m0/s1. The van der Waals surface area contributed by atoms with Crippen molar-refractivity contribution in [2.24, 2.45) is 0 Å². The number of carboxylic acid groups (broad SMARTS) is 1. The molecule has 1 N–H and O–H groups in total. The number of anilines is 1. The van der Waals surface area contributed by atoms with Crippen molar-refractivity contribution in [1.29, 1.82) is 0 Å². The molecule has 29 heavy (non-hydrogen) atoms. The molecule has 5 nitrogen and oxygen atoms in total. The molecule has 3 aromatic rings. The van der Waals surface area contributed by atoms with Gasteiger partial charge in [-0.15, -0.1) is 11.3 Å². The van der Waals surface area contributed by atoms with Crippen molar-refractivity contribution in [3.63, 3.8) is 0 Å². The molecular formula is C23H21NO4S. The Balaban J connectivity index is 1.56. The highest BCUT2D eigenvalue weighted by Gasteiger charge is 2.31. The van der Waals surface area contributed by atoms with Crippen molar-refractivity contribution in [3.05, 3.63) is 77.2 Å². The molecule has 1 aliphatic carbocycles. The van der Waals surface area contributed by atoms with Crippen LogP contribution in [-0.4, -0.2) is 29.8 Å². The van der Waals surface area contributed by atoms with Crippen LogP contribution < -0.4 is 4.90 Å². The number of hydrogen-bond donors (Lipinski definition) is 1. The minimum absolute atomic E-state index is 0.0358. The summed E-state index contributed by atoms with van der Waals surface area (Å²) in [5.41, 5.74) is 4.61. The first kappa shape index (κ1) is 19.2. The van der Waals surface area contributed by atoms with E-state index in [0.29, 0.717) is 5.00 Å². The third-order valence-electron chi connectivity index (χ3n) is 5.19. The van der Waals surface area contributed by atoms with Crippen LogP contribution in [0.25, 0.3) is 11.1 Å². The predicted molar refractivity (Wildman–Crippen MR) is 114 cm³/mol. The lowest BCUT2D eigenvalue weighted by Gasteiger charge is -2.27. The maximum atomic E-state index is 13.0. The molecule has 148 valence electrons. The summed E-state index contributed by atoms with van der Waals surface area (Å²) in [7, 11) is 0. The van der Waals surface area contributed by atoms with Crippen LogP contribution in [0.3, 0.4) is 0 Å². The summed E-state index contributed by atoms with van der Waals surface area (Å²) < 4.78 is 5.73. The van der Waals surface area contributed by atoms with E-state index in [9.17, 15) is 9.59 Å². The zero-order valence-electron chi connectivity index (χ0n) is 15.9. The fourth-order valence-corrected chi connectivity index (χ4v) is 4.72. The molecule has 2 aromatic carbocycles. The van der Waals surface area contributed by atoms with Gasteiger partial charge in [0.1, 0.15) is 11.6 Å². The Hall–Kier alpha value is -3.12. The van der Waals surface area contributed by atoms with E-state index in [0.717, 1.165) is 11.1 Å². The fraction of sp³-hybridized carbons (Fsp3) is 0.217. The number of aliphatic carboxylic acids is 1. The van der Waals surface area contributed by atoms with Gasteiger partial charge in [0, 0.05) is 12.0 Å². The number of rotatable bonds is 6. The van der Waals surface area contributed by atoms with Crippen molar-refractivity contribution in [3.8, 4) is 11.1 Å². The van der Waals surface area contributed by atoms with E-state index < -0.39 is 18.1 Å². The second kappa shape index (κ2) is 8.09. The third-order valence-corrected chi connectivity index (χ3v) is 6.05. The normalized spacial score (nSPS) is 13.4. The van der Waals surface area contributed by atoms with Crippen molar-refractivity contribution >= 4 is 28.4 Å². The molecule has 1 atom stereocenters. The molecule has 1 aromatic heterocycles. The number of thiophene rings is 1. The third kappa shape index (κ3) is 3.76. The average molecular weight is 407 g/mol.